The van der Waals surface area contributed by atoms with E-state index >= 15 is 0 Å². The summed E-state index contributed by atoms with van der Waals surface area (Å²) in [5, 5.41) is 6.75. The molecular formula is C21H24N4O. The standard InChI is InChI=1S/C21H24N4O/c1-15-6-4-5-7-18(15)14-23-21-12-20(24-16(2)25-21)22-13-17-8-10-19(26-3)11-9-17/h4-12H,13-14H2,1-3H3,(H2,22,23,24,25). The van der Waals surface area contributed by atoms with Gasteiger partial charge in [-0.1, -0.05) is 36.4 Å². The molecule has 0 unspecified atom stereocenters. The summed E-state index contributed by atoms with van der Waals surface area (Å²) in [5.41, 5.74) is 3.69. The van der Waals surface area contributed by atoms with Crippen LogP contribution >= 0.6 is 0 Å². The Kier molecular flexibility index (Phi) is 5.69. The number of aromatic nitrogens is 2. The number of nitrogens with zero attached hydrogens (tertiary/aromatic N) is 2. The molecule has 0 bridgehead atoms. The van der Waals surface area contributed by atoms with E-state index in [1.165, 1.54) is 11.1 Å². The van der Waals surface area contributed by atoms with Crippen molar-refractivity contribution < 1.29 is 4.74 Å². The highest BCUT2D eigenvalue weighted by atomic mass is 16.5. The molecule has 5 heteroatoms. The molecule has 0 saturated heterocycles. The van der Waals surface area contributed by atoms with Crippen molar-refractivity contribution in [2.75, 3.05) is 17.7 Å². The third kappa shape index (κ3) is 4.72. The fourth-order valence-electron chi connectivity index (χ4n) is 2.68. The van der Waals surface area contributed by atoms with Gasteiger partial charge in [0.2, 0.25) is 0 Å². The molecule has 1 aromatic heterocycles. The van der Waals surface area contributed by atoms with Gasteiger partial charge in [0.25, 0.3) is 0 Å². The van der Waals surface area contributed by atoms with E-state index in [-0.39, 0.29) is 0 Å². The van der Waals surface area contributed by atoms with Gasteiger partial charge in [0, 0.05) is 19.2 Å². The summed E-state index contributed by atoms with van der Waals surface area (Å²) in [4.78, 5) is 8.95. The second kappa shape index (κ2) is 8.34. The molecule has 0 saturated carbocycles. The van der Waals surface area contributed by atoms with E-state index in [0.717, 1.165) is 35.3 Å². The Hall–Kier alpha value is -3.08. The van der Waals surface area contributed by atoms with Gasteiger partial charge in [0.05, 0.1) is 7.11 Å². The summed E-state index contributed by atoms with van der Waals surface area (Å²) in [5.74, 6) is 3.21. The van der Waals surface area contributed by atoms with E-state index in [1.807, 2.05) is 37.3 Å². The molecule has 0 amide bonds. The Morgan fingerprint density at radius 3 is 2.15 bits per heavy atom. The summed E-state index contributed by atoms with van der Waals surface area (Å²) in [7, 11) is 1.67. The van der Waals surface area contributed by atoms with Crippen LogP contribution in [0.4, 0.5) is 11.6 Å². The molecule has 0 aliphatic carbocycles. The fraction of sp³-hybridized carbons (Fsp3) is 0.238. The van der Waals surface area contributed by atoms with E-state index in [1.54, 1.807) is 7.11 Å². The minimum Gasteiger partial charge on any atom is -0.497 e. The van der Waals surface area contributed by atoms with Gasteiger partial charge >= 0.3 is 0 Å². The quantitative estimate of drug-likeness (QED) is 0.666. The van der Waals surface area contributed by atoms with Crippen LogP contribution in [-0.4, -0.2) is 17.1 Å². The zero-order valence-corrected chi connectivity index (χ0v) is 15.4. The first-order valence-corrected chi connectivity index (χ1v) is 8.65. The second-order valence-corrected chi connectivity index (χ2v) is 6.17. The number of ether oxygens (including phenoxy) is 1. The molecule has 3 aromatic rings. The number of nitrogens with one attached hydrogen (secondary N) is 2. The molecule has 3 rings (SSSR count). The van der Waals surface area contributed by atoms with Crippen molar-refractivity contribution in [3.8, 4) is 5.75 Å². The fourth-order valence-corrected chi connectivity index (χ4v) is 2.68. The van der Waals surface area contributed by atoms with Crippen LogP contribution in [0.15, 0.2) is 54.6 Å². The Balaban J connectivity index is 1.64. The first-order valence-electron chi connectivity index (χ1n) is 8.65. The zero-order chi connectivity index (χ0) is 18.4. The van der Waals surface area contributed by atoms with Gasteiger partial charge < -0.3 is 15.4 Å². The molecule has 2 aromatic carbocycles. The van der Waals surface area contributed by atoms with Crippen LogP contribution in [0.25, 0.3) is 0 Å². The molecule has 0 atom stereocenters. The minimum atomic E-state index is 0.692. The van der Waals surface area contributed by atoms with E-state index < -0.39 is 0 Å². The number of hydrogen-bond donors (Lipinski definition) is 2. The molecular weight excluding hydrogens is 324 g/mol. The molecule has 0 radical (unpaired) electrons. The zero-order valence-electron chi connectivity index (χ0n) is 15.4. The average Bonchev–Trinajstić information content (AvgIpc) is 2.66. The van der Waals surface area contributed by atoms with Crippen LogP contribution in [0, 0.1) is 13.8 Å². The van der Waals surface area contributed by atoms with Gasteiger partial charge in [-0.2, -0.15) is 0 Å². The first kappa shape index (κ1) is 17.7. The summed E-state index contributed by atoms with van der Waals surface area (Å²) in [6, 6.07) is 18.3. The maximum atomic E-state index is 5.19. The van der Waals surface area contributed by atoms with Crippen molar-refractivity contribution in [1.82, 2.24) is 9.97 Å². The highest BCUT2D eigenvalue weighted by Crippen LogP contribution is 2.16. The Morgan fingerprint density at radius 2 is 1.50 bits per heavy atom. The first-order chi connectivity index (χ1) is 12.6. The molecule has 5 nitrogen and oxygen atoms in total. The Bertz CT molecular complexity index is 862. The molecule has 1 heterocycles. The van der Waals surface area contributed by atoms with Crippen molar-refractivity contribution in [3.05, 3.63) is 77.1 Å². The van der Waals surface area contributed by atoms with Crippen molar-refractivity contribution >= 4 is 11.6 Å². The highest BCUT2D eigenvalue weighted by Gasteiger charge is 2.04. The van der Waals surface area contributed by atoms with Crippen LogP contribution in [-0.2, 0) is 13.1 Å². The van der Waals surface area contributed by atoms with Gasteiger partial charge in [0.1, 0.15) is 23.2 Å². The van der Waals surface area contributed by atoms with Gasteiger partial charge in [-0.05, 0) is 42.7 Å². The SMILES string of the molecule is COc1ccc(CNc2cc(NCc3ccccc3C)nc(C)n2)cc1. The molecule has 0 aliphatic rings. The summed E-state index contributed by atoms with van der Waals surface area (Å²) >= 11 is 0. The van der Waals surface area contributed by atoms with E-state index in [4.69, 9.17) is 4.74 Å². The molecule has 2 N–H and O–H groups in total. The van der Waals surface area contributed by atoms with Crippen molar-refractivity contribution in [2.24, 2.45) is 0 Å². The number of methoxy groups -OCH3 is 1. The number of benzene rings is 2. The van der Waals surface area contributed by atoms with Gasteiger partial charge in [-0.15, -0.1) is 0 Å². The summed E-state index contributed by atoms with van der Waals surface area (Å²) in [6.07, 6.45) is 0. The smallest absolute Gasteiger partial charge is 0.132 e. The lowest BCUT2D eigenvalue weighted by Gasteiger charge is -2.11. The lowest BCUT2D eigenvalue weighted by Crippen LogP contribution is -2.07. The Labute approximate surface area is 154 Å². The normalized spacial score (nSPS) is 10.4. The molecule has 134 valence electrons. The van der Waals surface area contributed by atoms with Crippen LogP contribution in [0.1, 0.15) is 22.5 Å². The van der Waals surface area contributed by atoms with Gasteiger partial charge in [0.15, 0.2) is 0 Å². The minimum absolute atomic E-state index is 0.692. The van der Waals surface area contributed by atoms with Crippen LogP contribution in [0.5, 0.6) is 5.75 Å². The van der Waals surface area contributed by atoms with Crippen molar-refractivity contribution in [2.45, 2.75) is 26.9 Å². The lowest BCUT2D eigenvalue weighted by atomic mass is 10.1. The number of aryl methyl sites for hydroxylation is 2. The number of rotatable bonds is 7. The average molecular weight is 348 g/mol. The van der Waals surface area contributed by atoms with Gasteiger partial charge in [-0.25, -0.2) is 9.97 Å². The van der Waals surface area contributed by atoms with E-state index in [9.17, 15) is 0 Å². The van der Waals surface area contributed by atoms with Crippen LogP contribution in [0.2, 0.25) is 0 Å². The van der Waals surface area contributed by atoms with Crippen molar-refractivity contribution in [1.29, 1.82) is 0 Å². The Morgan fingerprint density at radius 1 is 0.846 bits per heavy atom. The number of anilines is 2. The van der Waals surface area contributed by atoms with Gasteiger partial charge in [-0.3, -0.25) is 0 Å². The van der Waals surface area contributed by atoms with E-state index in [2.05, 4.69) is 51.8 Å². The van der Waals surface area contributed by atoms with Crippen LogP contribution < -0.4 is 15.4 Å². The molecule has 0 fully saturated rings. The predicted octanol–water partition coefficient (Wildman–Crippen LogP) is 4.33. The third-order valence-corrected chi connectivity index (χ3v) is 4.19. The predicted molar refractivity (Wildman–Crippen MR) is 106 cm³/mol. The van der Waals surface area contributed by atoms with E-state index in [0.29, 0.717) is 6.54 Å². The van der Waals surface area contributed by atoms with Crippen molar-refractivity contribution in [3.63, 3.8) is 0 Å². The maximum absolute atomic E-state index is 5.19. The molecule has 26 heavy (non-hydrogen) atoms. The van der Waals surface area contributed by atoms with Crippen LogP contribution in [0.3, 0.4) is 0 Å². The highest BCUT2D eigenvalue weighted by molar-refractivity contribution is 5.48. The lowest BCUT2D eigenvalue weighted by molar-refractivity contribution is 0.414. The summed E-state index contributed by atoms with van der Waals surface area (Å²) < 4.78 is 5.19. The third-order valence-electron chi connectivity index (χ3n) is 4.19. The topological polar surface area (TPSA) is 59.1 Å². The summed E-state index contributed by atoms with van der Waals surface area (Å²) in [6.45, 7) is 5.44. The molecule has 0 aliphatic heterocycles. The number of hydrogen-bond acceptors (Lipinski definition) is 5. The second-order valence-electron chi connectivity index (χ2n) is 6.17. The largest absolute Gasteiger partial charge is 0.497 e. The molecule has 0 spiro atoms. The monoisotopic (exact) mass is 348 g/mol. The maximum Gasteiger partial charge on any atom is 0.132 e.